The van der Waals surface area contributed by atoms with E-state index in [9.17, 15) is 9.59 Å². The van der Waals surface area contributed by atoms with Crippen molar-refractivity contribution in [3.63, 3.8) is 0 Å². The largest absolute Gasteiger partial charge is 0.485 e. The monoisotopic (exact) mass is 563 g/mol. The smallest absolute Gasteiger partial charge is 0.255 e. The van der Waals surface area contributed by atoms with Crippen molar-refractivity contribution in [1.29, 1.82) is 0 Å². The number of hydrogen-bond donors (Lipinski definition) is 1. The summed E-state index contributed by atoms with van der Waals surface area (Å²) in [5.41, 5.74) is 2.35. The second kappa shape index (κ2) is 10.5. The molecule has 0 radical (unpaired) electrons. The molecule has 0 atom stereocenters. The molecule has 3 rings (SSSR count). The minimum absolute atomic E-state index is 0.0542. The number of Topliss-reactive ketones (excluding diaryl/α,β-unsaturated/α-hetero) is 1. The van der Waals surface area contributed by atoms with Gasteiger partial charge in [0.25, 0.3) is 5.91 Å². The van der Waals surface area contributed by atoms with Gasteiger partial charge in [0.05, 0.1) is 5.56 Å². The second-order valence-corrected chi connectivity index (χ2v) is 8.60. The zero-order chi connectivity index (χ0) is 20.6. The Balaban J connectivity index is 1.57. The third-order valence-electron chi connectivity index (χ3n) is 4.20. The number of carbonyl (C=O) groups is 2. The Labute approximate surface area is 191 Å². The van der Waals surface area contributed by atoms with Gasteiger partial charge >= 0.3 is 0 Å². The Bertz CT molecular complexity index is 988. The lowest BCUT2D eigenvalue weighted by atomic mass is 10.1. The number of carbonyl (C=O) groups excluding carboxylic acids is 2. The molecular formula is C23H19BrINO3. The molecule has 0 spiro atoms. The zero-order valence-electron chi connectivity index (χ0n) is 15.5. The van der Waals surface area contributed by atoms with E-state index < -0.39 is 0 Å². The number of halogens is 2. The minimum atomic E-state index is -0.237. The SMILES string of the molecule is O=C(COc1ccccc1C(=O)NCc1ccc(I)cc1)Cc1ccc(Br)cc1. The van der Waals surface area contributed by atoms with E-state index in [2.05, 4.69) is 43.8 Å². The quantitative estimate of drug-likeness (QED) is 0.385. The molecule has 4 nitrogen and oxygen atoms in total. The number of amides is 1. The van der Waals surface area contributed by atoms with Crippen LogP contribution in [0.2, 0.25) is 0 Å². The molecule has 29 heavy (non-hydrogen) atoms. The van der Waals surface area contributed by atoms with Gasteiger partial charge in [-0.1, -0.05) is 52.3 Å². The van der Waals surface area contributed by atoms with Gasteiger partial charge in [0.15, 0.2) is 5.78 Å². The zero-order valence-corrected chi connectivity index (χ0v) is 19.3. The Morgan fingerprint density at radius 2 is 1.55 bits per heavy atom. The van der Waals surface area contributed by atoms with Crippen LogP contribution in [0.5, 0.6) is 5.75 Å². The number of para-hydroxylation sites is 1. The average molecular weight is 564 g/mol. The third-order valence-corrected chi connectivity index (χ3v) is 5.45. The molecule has 1 N–H and O–H groups in total. The number of benzene rings is 3. The summed E-state index contributed by atoms with van der Waals surface area (Å²) in [6, 6.07) is 22.5. The fraction of sp³-hybridized carbons (Fsp3) is 0.130. The van der Waals surface area contributed by atoms with Gasteiger partial charge in [0.2, 0.25) is 0 Å². The molecular weight excluding hydrogens is 545 g/mol. The molecule has 0 bridgehead atoms. The highest BCUT2D eigenvalue weighted by Crippen LogP contribution is 2.18. The van der Waals surface area contributed by atoms with Crippen molar-refractivity contribution in [3.8, 4) is 5.75 Å². The first-order chi connectivity index (χ1) is 14.0. The van der Waals surface area contributed by atoms with Crippen molar-refractivity contribution < 1.29 is 14.3 Å². The molecule has 0 heterocycles. The van der Waals surface area contributed by atoms with Crippen molar-refractivity contribution in [2.24, 2.45) is 0 Å². The number of ether oxygens (including phenoxy) is 1. The van der Waals surface area contributed by atoms with Crippen LogP contribution in [0.4, 0.5) is 0 Å². The number of ketones is 1. The summed E-state index contributed by atoms with van der Waals surface area (Å²) in [5.74, 6) is 0.109. The highest BCUT2D eigenvalue weighted by Gasteiger charge is 2.13. The summed E-state index contributed by atoms with van der Waals surface area (Å²) in [6.45, 7) is 0.337. The van der Waals surface area contributed by atoms with Crippen LogP contribution >= 0.6 is 38.5 Å². The fourth-order valence-electron chi connectivity index (χ4n) is 2.70. The summed E-state index contributed by atoms with van der Waals surface area (Å²) in [6.07, 6.45) is 0.286. The number of rotatable bonds is 8. The highest BCUT2D eigenvalue weighted by molar-refractivity contribution is 14.1. The summed E-state index contributed by atoms with van der Waals surface area (Å²) in [7, 11) is 0. The molecule has 0 unspecified atom stereocenters. The topological polar surface area (TPSA) is 55.4 Å². The van der Waals surface area contributed by atoms with Crippen molar-refractivity contribution in [2.75, 3.05) is 6.61 Å². The lowest BCUT2D eigenvalue weighted by Gasteiger charge is -2.11. The lowest BCUT2D eigenvalue weighted by molar-refractivity contribution is -0.120. The maximum atomic E-state index is 12.6. The van der Waals surface area contributed by atoms with E-state index in [1.165, 1.54) is 0 Å². The van der Waals surface area contributed by atoms with Crippen LogP contribution in [0.3, 0.4) is 0 Å². The Hall–Kier alpha value is -2.19. The first-order valence-electron chi connectivity index (χ1n) is 9.02. The van der Waals surface area contributed by atoms with E-state index in [1.807, 2.05) is 48.5 Å². The average Bonchev–Trinajstić information content (AvgIpc) is 2.73. The highest BCUT2D eigenvalue weighted by atomic mass is 127. The first kappa shape index (κ1) is 21.5. The number of hydrogen-bond acceptors (Lipinski definition) is 3. The molecule has 0 aromatic heterocycles. The van der Waals surface area contributed by atoms with Crippen LogP contribution in [0.15, 0.2) is 77.3 Å². The Morgan fingerprint density at radius 1 is 0.897 bits per heavy atom. The maximum absolute atomic E-state index is 12.6. The van der Waals surface area contributed by atoms with Crippen LogP contribution in [0, 0.1) is 3.57 Å². The molecule has 0 aliphatic rings. The summed E-state index contributed by atoms with van der Waals surface area (Å²) in [4.78, 5) is 24.8. The molecule has 148 valence electrons. The van der Waals surface area contributed by atoms with Crippen LogP contribution in [-0.2, 0) is 17.8 Å². The van der Waals surface area contributed by atoms with E-state index in [4.69, 9.17) is 4.74 Å². The van der Waals surface area contributed by atoms with Gasteiger partial charge in [-0.25, -0.2) is 0 Å². The predicted molar refractivity (Wildman–Crippen MR) is 125 cm³/mol. The molecule has 3 aromatic rings. The molecule has 0 aliphatic carbocycles. The van der Waals surface area contributed by atoms with Crippen molar-refractivity contribution in [1.82, 2.24) is 5.32 Å². The van der Waals surface area contributed by atoms with Gasteiger partial charge < -0.3 is 10.1 Å². The second-order valence-electron chi connectivity index (χ2n) is 6.44. The molecule has 0 fully saturated rings. The summed E-state index contributed by atoms with van der Waals surface area (Å²) < 4.78 is 7.77. The first-order valence-corrected chi connectivity index (χ1v) is 10.9. The van der Waals surface area contributed by atoms with Gasteiger partial charge in [-0.2, -0.15) is 0 Å². The van der Waals surface area contributed by atoms with Crippen LogP contribution in [0.1, 0.15) is 21.5 Å². The van der Waals surface area contributed by atoms with Crippen molar-refractivity contribution in [2.45, 2.75) is 13.0 Å². The third kappa shape index (κ3) is 6.68. The molecule has 6 heteroatoms. The molecule has 3 aromatic carbocycles. The van der Waals surface area contributed by atoms with E-state index in [-0.39, 0.29) is 24.7 Å². The summed E-state index contributed by atoms with van der Waals surface area (Å²) in [5, 5.41) is 2.90. The van der Waals surface area contributed by atoms with Gasteiger partial charge in [0.1, 0.15) is 12.4 Å². The van der Waals surface area contributed by atoms with Crippen LogP contribution in [-0.4, -0.2) is 18.3 Å². The van der Waals surface area contributed by atoms with Crippen molar-refractivity contribution >= 4 is 50.2 Å². The van der Waals surface area contributed by atoms with Gasteiger partial charge in [-0.15, -0.1) is 0 Å². The molecule has 0 saturated carbocycles. The Kier molecular flexibility index (Phi) is 7.83. The predicted octanol–water partition coefficient (Wildman–Crippen LogP) is 5.17. The fourth-order valence-corrected chi connectivity index (χ4v) is 3.32. The van der Waals surface area contributed by atoms with Gasteiger partial charge in [-0.05, 0) is 70.1 Å². The van der Waals surface area contributed by atoms with Crippen LogP contribution < -0.4 is 10.1 Å². The maximum Gasteiger partial charge on any atom is 0.255 e. The minimum Gasteiger partial charge on any atom is -0.485 e. The van der Waals surface area contributed by atoms with Crippen molar-refractivity contribution in [3.05, 3.63) is 97.5 Å². The van der Waals surface area contributed by atoms with E-state index in [0.29, 0.717) is 17.9 Å². The lowest BCUT2D eigenvalue weighted by Crippen LogP contribution is -2.24. The molecule has 1 amide bonds. The summed E-state index contributed by atoms with van der Waals surface area (Å²) >= 11 is 5.62. The standard InChI is InChI=1S/C23H19BrINO3/c24-18-9-5-16(6-10-18)13-20(27)15-29-22-4-2-1-3-21(22)23(28)26-14-17-7-11-19(25)12-8-17/h1-12H,13-15H2,(H,26,28). The van der Waals surface area contributed by atoms with E-state index >= 15 is 0 Å². The normalized spacial score (nSPS) is 10.4. The van der Waals surface area contributed by atoms with Gasteiger partial charge in [0, 0.05) is 21.0 Å². The van der Waals surface area contributed by atoms with E-state index in [0.717, 1.165) is 19.2 Å². The van der Waals surface area contributed by atoms with E-state index in [1.54, 1.807) is 24.3 Å². The number of nitrogens with one attached hydrogen (secondary N) is 1. The molecule has 0 saturated heterocycles. The Morgan fingerprint density at radius 3 is 2.28 bits per heavy atom. The molecule has 0 aliphatic heterocycles. The van der Waals surface area contributed by atoms with Crippen LogP contribution in [0.25, 0.3) is 0 Å². The van der Waals surface area contributed by atoms with Gasteiger partial charge in [-0.3, -0.25) is 9.59 Å².